The number of amides is 1. The van der Waals surface area contributed by atoms with E-state index < -0.39 is 5.97 Å². The van der Waals surface area contributed by atoms with Crippen LogP contribution in [0.25, 0.3) is 10.6 Å². The monoisotopic (exact) mass is 408 g/mol. The molecule has 0 aliphatic rings. The quantitative estimate of drug-likeness (QED) is 0.539. The predicted octanol–water partition coefficient (Wildman–Crippen LogP) is 5.29. The molecule has 2 aromatic carbocycles. The van der Waals surface area contributed by atoms with Gasteiger partial charge in [-0.3, -0.25) is 4.79 Å². The van der Waals surface area contributed by atoms with E-state index in [1.807, 2.05) is 48.5 Å². The molecule has 150 valence electrons. The first-order valence-corrected chi connectivity index (χ1v) is 10.5. The van der Waals surface area contributed by atoms with E-state index in [-0.39, 0.29) is 24.1 Å². The fourth-order valence-electron chi connectivity index (χ4n) is 2.89. The van der Waals surface area contributed by atoms with E-state index in [2.05, 4.69) is 31.1 Å². The van der Waals surface area contributed by atoms with Crippen LogP contribution >= 0.6 is 11.3 Å². The molecule has 0 bridgehead atoms. The summed E-state index contributed by atoms with van der Waals surface area (Å²) in [5, 5.41) is 5.20. The third kappa shape index (κ3) is 5.29. The third-order valence-electron chi connectivity index (χ3n) is 4.51. The van der Waals surface area contributed by atoms with Gasteiger partial charge in [-0.25, -0.2) is 9.78 Å². The van der Waals surface area contributed by atoms with E-state index >= 15 is 0 Å². The Kier molecular flexibility index (Phi) is 6.77. The number of thiazole rings is 1. The molecular weight excluding hydrogens is 384 g/mol. The lowest BCUT2D eigenvalue weighted by atomic mass is 10.0. The van der Waals surface area contributed by atoms with Gasteiger partial charge < -0.3 is 10.1 Å². The van der Waals surface area contributed by atoms with Crippen molar-refractivity contribution in [2.45, 2.75) is 33.1 Å². The maximum atomic E-state index is 12.3. The van der Waals surface area contributed by atoms with Gasteiger partial charge >= 0.3 is 5.97 Å². The van der Waals surface area contributed by atoms with Crippen molar-refractivity contribution in [3.8, 4) is 10.6 Å². The van der Waals surface area contributed by atoms with Gasteiger partial charge in [0.1, 0.15) is 5.01 Å². The first kappa shape index (κ1) is 20.7. The fraction of sp³-hybridized carbons (Fsp3) is 0.261. The number of nitrogens with zero attached hydrogens (tertiary/aromatic N) is 1. The smallest absolute Gasteiger partial charge is 0.358 e. The number of ether oxygens (including phenoxy) is 1. The average Bonchev–Trinajstić information content (AvgIpc) is 3.22. The van der Waals surface area contributed by atoms with Gasteiger partial charge in [0.25, 0.3) is 5.91 Å². The zero-order chi connectivity index (χ0) is 20.8. The summed E-state index contributed by atoms with van der Waals surface area (Å²) in [6.07, 6.45) is 0.972. The molecule has 6 heteroatoms. The van der Waals surface area contributed by atoms with Gasteiger partial charge in [-0.1, -0.05) is 63.2 Å². The zero-order valence-electron chi connectivity index (χ0n) is 16.8. The van der Waals surface area contributed by atoms with Crippen LogP contribution < -0.4 is 5.32 Å². The van der Waals surface area contributed by atoms with Crippen LogP contribution in [0.3, 0.4) is 0 Å². The largest absolute Gasteiger partial charge is 0.451 e. The van der Waals surface area contributed by atoms with Crippen LogP contribution in [0.5, 0.6) is 0 Å². The molecule has 1 amide bonds. The van der Waals surface area contributed by atoms with Gasteiger partial charge in [-0.2, -0.15) is 0 Å². The second-order valence-corrected chi connectivity index (χ2v) is 7.81. The van der Waals surface area contributed by atoms with Crippen LogP contribution in [0.4, 0.5) is 5.69 Å². The van der Waals surface area contributed by atoms with Crippen molar-refractivity contribution >= 4 is 28.9 Å². The van der Waals surface area contributed by atoms with Crippen LogP contribution in [0.15, 0.2) is 53.9 Å². The summed E-state index contributed by atoms with van der Waals surface area (Å²) in [4.78, 5) is 28.8. The van der Waals surface area contributed by atoms with Crippen molar-refractivity contribution in [3.05, 3.63) is 70.7 Å². The summed E-state index contributed by atoms with van der Waals surface area (Å²) in [6.45, 7) is 5.86. The molecule has 0 saturated heterocycles. The number of aryl methyl sites for hydroxylation is 1. The highest BCUT2D eigenvalue weighted by Gasteiger charge is 2.16. The molecule has 3 aromatic rings. The van der Waals surface area contributed by atoms with E-state index in [9.17, 15) is 9.59 Å². The molecule has 0 aliphatic carbocycles. The van der Waals surface area contributed by atoms with Gasteiger partial charge in [-0.15, -0.1) is 11.3 Å². The van der Waals surface area contributed by atoms with Crippen LogP contribution in [0.2, 0.25) is 0 Å². The number of rotatable bonds is 7. The molecule has 1 heterocycles. The molecule has 1 N–H and O–H groups in total. The van der Waals surface area contributed by atoms with E-state index in [4.69, 9.17) is 4.74 Å². The van der Waals surface area contributed by atoms with Crippen LogP contribution in [-0.2, 0) is 16.0 Å². The molecule has 0 radical (unpaired) electrons. The minimum Gasteiger partial charge on any atom is -0.451 e. The lowest BCUT2D eigenvalue weighted by Crippen LogP contribution is -2.21. The minimum absolute atomic E-state index is 0.208. The molecule has 0 saturated carbocycles. The summed E-state index contributed by atoms with van der Waals surface area (Å²) < 4.78 is 5.14. The highest BCUT2D eigenvalue weighted by Crippen LogP contribution is 2.25. The van der Waals surface area contributed by atoms with E-state index in [1.165, 1.54) is 16.9 Å². The summed E-state index contributed by atoms with van der Waals surface area (Å²) in [7, 11) is 0. The maximum Gasteiger partial charge on any atom is 0.358 e. The van der Waals surface area contributed by atoms with Crippen molar-refractivity contribution in [2.75, 3.05) is 11.9 Å². The SMILES string of the molecule is CCc1ccc(-c2nc(C(=O)OCC(=O)Nc3ccccc3C(C)C)cs2)cc1. The van der Waals surface area contributed by atoms with Gasteiger partial charge in [0.2, 0.25) is 0 Å². The first-order valence-electron chi connectivity index (χ1n) is 9.58. The molecule has 0 atom stereocenters. The lowest BCUT2D eigenvalue weighted by molar-refractivity contribution is -0.119. The van der Waals surface area contributed by atoms with Gasteiger partial charge in [0.05, 0.1) is 0 Å². The van der Waals surface area contributed by atoms with Crippen LogP contribution in [0.1, 0.15) is 48.3 Å². The Morgan fingerprint density at radius 3 is 2.52 bits per heavy atom. The number of hydrogen-bond donors (Lipinski definition) is 1. The highest BCUT2D eigenvalue weighted by molar-refractivity contribution is 7.13. The highest BCUT2D eigenvalue weighted by atomic mass is 32.1. The van der Waals surface area contributed by atoms with E-state index in [1.54, 1.807) is 5.38 Å². The fourth-order valence-corrected chi connectivity index (χ4v) is 3.68. The normalized spacial score (nSPS) is 10.8. The van der Waals surface area contributed by atoms with Gasteiger partial charge in [0, 0.05) is 16.6 Å². The Balaban J connectivity index is 1.58. The second kappa shape index (κ2) is 9.47. The summed E-state index contributed by atoms with van der Waals surface area (Å²) >= 11 is 1.37. The number of esters is 1. The predicted molar refractivity (Wildman–Crippen MR) is 116 cm³/mol. The first-order chi connectivity index (χ1) is 14.0. The second-order valence-electron chi connectivity index (χ2n) is 6.95. The van der Waals surface area contributed by atoms with Crippen molar-refractivity contribution in [1.29, 1.82) is 0 Å². The Hall–Kier alpha value is -2.99. The molecular formula is C23H24N2O3S. The Morgan fingerprint density at radius 2 is 1.83 bits per heavy atom. The zero-order valence-corrected chi connectivity index (χ0v) is 17.6. The Morgan fingerprint density at radius 1 is 1.10 bits per heavy atom. The summed E-state index contributed by atoms with van der Waals surface area (Å²) in [5.41, 5.74) is 4.17. The van der Waals surface area contributed by atoms with Gasteiger partial charge in [0.15, 0.2) is 12.3 Å². The standard InChI is InChI=1S/C23H24N2O3S/c1-4-16-9-11-17(12-10-16)22-25-20(14-29-22)23(27)28-13-21(26)24-19-8-6-5-7-18(19)15(2)3/h5-12,14-15H,4,13H2,1-3H3,(H,24,26). The van der Waals surface area contributed by atoms with E-state index in [0.717, 1.165) is 28.2 Å². The van der Waals surface area contributed by atoms with Crippen molar-refractivity contribution in [2.24, 2.45) is 0 Å². The van der Waals surface area contributed by atoms with Crippen molar-refractivity contribution < 1.29 is 14.3 Å². The Bertz CT molecular complexity index is 993. The maximum absolute atomic E-state index is 12.3. The minimum atomic E-state index is -0.607. The van der Waals surface area contributed by atoms with Gasteiger partial charge in [-0.05, 0) is 29.5 Å². The molecule has 5 nitrogen and oxygen atoms in total. The van der Waals surface area contributed by atoms with Crippen LogP contribution in [-0.4, -0.2) is 23.5 Å². The molecule has 0 fully saturated rings. The topological polar surface area (TPSA) is 68.3 Å². The lowest BCUT2D eigenvalue weighted by Gasteiger charge is -2.13. The number of benzene rings is 2. The molecule has 1 aromatic heterocycles. The summed E-state index contributed by atoms with van der Waals surface area (Å²) in [5.74, 6) is -0.712. The van der Waals surface area contributed by atoms with Crippen LogP contribution in [0, 0.1) is 0 Å². The Labute approximate surface area is 174 Å². The molecule has 0 aliphatic heterocycles. The molecule has 3 rings (SSSR count). The number of carbonyl (C=O) groups is 2. The number of para-hydroxylation sites is 1. The molecule has 0 spiro atoms. The third-order valence-corrected chi connectivity index (χ3v) is 5.41. The number of hydrogen-bond acceptors (Lipinski definition) is 5. The molecule has 0 unspecified atom stereocenters. The van der Waals surface area contributed by atoms with Crippen molar-refractivity contribution in [1.82, 2.24) is 4.98 Å². The van der Waals surface area contributed by atoms with Crippen molar-refractivity contribution in [3.63, 3.8) is 0 Å². The number of anilines is 1. The average molecular weight is 409 g/mol. The number of carbonyl (C=O) groups excluding carboxylic acids is 2. The molecule has 29 heavy (non-hydrogen) atoms. The number of nitrogens with one attached hydrogen (secondary N) is 1. The van der Waals surface area contributed by atoms with E-state index in [0.29, 0.717) is 0 Å². The summed E-state index contributed by atoms with van der Waals surface area (Å²) in [6, 6.07) is 15.7. The number of aromatic nitrogens is 1.